The van der Waals surface area contributed by atoms with Crippen molar-refractivity contribution in [3.8, 4) is 0 Å². The lowest BCUT2D eigenvalue weighted by Crippen LogP contribution is -2.46. The second-order valence-corrected chi connectivity index (χ2v) is 6.52. The molecule has 1 heterocycles. The standard InChI is InChI=1S/C12H17FN2O4S/c13-9-2-1-3-10(14)11(9)20(17,18)15-8-12(16)4-6-19-7-5-12/h1-3,15-16H,4-8,14H2. The minimum Gasteiger partial charge on any atom is -0.398 e. The number of nitrogen functional groups attached to an aromatic ring is 1. The molecule has 1 aromatic carbocycles. The number of aliphatic hydroxyl groups is 1. The minimum atomic E-state index is -4.11. The average molecular weight is 304 g/mol. The molecule has 1 saturated heterocycles. The highest BCUT2D eigenvalue weighted by Gasteiger charge is 2.32. The molecule has 0 spiro atoms. The molecule has 0 saturated carbocycles. The van der Waals surface area contributed by atoms with Crippen molar-refractivity contribution in [3.05, 3.63) is 24.0 Å². The number of rotatable bonds is 4. The Balaban J connectivity index is 2.15. The molecule has 0 aromatic heterocycles. The summed E-state index contributed by atoms with van der Waals surface area (Å²) in [5, 5.41) is 10.2. The van der Waals surface area contributed by atoms with Crippen molar-refractivity contribution in [2.24, 2.45) is 0 Å². The predicted molar refractivity (Wildman–Crippen MR) is 71.0 cm³/mol. The van der Waals surface area contributed by atoms with Crippen LogP contribution < -0.4 is 10.5 Å². The van der Waals surface area contributed by atoms with Gasteiger partial charge in [-0.15, -0.1) is 0 Å². The second-order valence-electron chi connectivity index (χ2n) is 4.82. The van der Waals surface area contributed by atoms with E-state index in [1.807, 2.05) is 0 Å². The molecule has 0 bridgehead atoms. The molecule has 1 aliphatic heterocycles. The molecule has 6 nitrogen and oxygen atoms in total. The summed E-state index contributed by atoms with van der Waals surface area (Å²) in [5.74, 6) is -0.920. The molecule has 0 unspecified atom stereocenters. The van der Waals surface area contributed by atoms with Crippen molar-refractivity contribution in [3.63, 3.8) is 0 Å². The summed E-state index contributed by atoms with van der Waals surface area (Å²) in [6, 6.07) is 3.66. The summed E-state index contributed by atoms with van der Waals surface area (Å²) in [6.45, 7) is 0.520. The molecule has 0 aliphatic carbocycles. The summed E-state index contributed by atoms with van der Waals surface area (Å²) in [7, 11) is -4.11. The van der Waals surface area contributed by atoms with E-state index in [4.69, 9.17) is 10.5 Å². The molecule has 0 atom stereocenters. The zero-order valence-corrected chi connectivity index (χ0v) is 11.6. The van der Waals surface area contributed by atoms with Gasteiger partial charge in [0.05, 0.1) is 11.3 Å². The van der Waals surface area contributed by atoms with Gasteiger partial charge < -0.3 is 15.6 Å². The summed E-state index contributed by atoms with van der Waals surface area (Å²) in [5.41, 5.74) is 4.16. The van der Waals surface area contributed by atoms with Crippen molar-refractivity contribution >= 4 is 15.7 Å². The van der Waals surface area contributed by atoms with Gasteiger partial charge in [-0.1, -0.05) is 6.07 Å². The predicted octanol–water partition coefficient (Wildman–Crippen LogP) is 0.228. The lowest BCUT2D eigenvalue weighted by Gasteiger charge is -2.32. The van der Waals surface area contributed by atoms with Crippen molar-refractivity contribution in [2.45, 2.75) is 23.3 Å². The Labute approximate surface area is 116 Å². The smallest absolute Gasteiger partial charge is 0.245 e. The first-order chi connectivity index (χ1) is 9.34. The van der Waals surface area contributed by atoms with Gasteiger partial charge in [0.25, 0.3) is 0 Å². The van der Waals surface area contributed by atoms with Crippen LogP contribution in [0.1, 0.15) is 12.8 Å². The highest BCUT2D eigenvalue weighted by Crippen LogP contribution is 2.23. The van der Waals surface area contributed by atoms with Crippen LogP contribution in [0.2, 0.25) is 0 Å². The number of nitrogens with two attached hydrogens (primary N) is 1. The first-order valence-corrected chi connectivity index (χ1v) is 7.66. The Bertz CT molecular complexity index is 565. The molecule has 1 fully saturated rings. The van der Waals surface area contributed by atoms with Crippen molar-refractivity contribution in [2.75, 3.05) is 25.5 Å². The van der Waals surface area contributed by atoms with E-state index in [0.717, 1.165) is 6.07 Å². The van der Waals surface area contributed by atoms with E-state index in [1.165, 1.54) is 12.1 Å². The number of benzene rings is 1. The maximum absolute atomic E-state index is 13.6. The summed E-state index contributed by atoms with van der Waals surface area (Å²) in [4.78, 5) is -0.587. The molecule has 112 valence electrons. The van der Waals surface area contributed by atoms with E-state index in [2.05, 4.69) is 4.72 Å². The lowest BCUT2D eigenvalue weighted by molar-refractivity contribution is -0.0588. The minimum absolute atomic E-state index is 0.170. The second kappa shape index (κ2) is 5.65. The molecule has 0 radical (unpaired) electrons. The summed E-state index contributed by atoms with van der Waals surface area (Å²) in [6.07, 6.45) is 0.643. The monoisotopic (exact) mass is 304 g/mol. The van der Waals surface area contributed by atoms with E-state index in [-0.39, 0.29) is 12.2 Å². The van der Waals surface area contributed by atoms with Crippen LogP contribution in [-0.4, -0.2) is 38.9 Å². The molecule has 4 N–H and O–H groups in total. The maximum Gasteiger partial charge on any atom is 0.245 e. The zero-order chi connectivity index (χ0) is 14.8. The third-order valence-corrected chi connectivity index (χ3v) is 4.77. The van der Waals surface area contributed by atoms with Crippen LogP contribution in [-0.2, 0) is 14.8 Å². The zero-order valence-electron chi connectivity index (χ0n) is 10.8. The quantitative estimate of drug-likeness (QED) is 0.691. The van der Waals surface area contributed by atoms with Gasteiger partial charge in [-0.2, -0.15) is 0 Å². The SMILES string of the molecule is Nc1cccc(F)c1S(=O)(=O)NCC1(O)CCOCC1. The van der Waals surface area contributed by atoms with Crippen molar-refractivity contribution in [1.29, 1.82) is 0 Å². The Morgan fingerprint density at radius 2 is 2.05 bits per heavy atom. The van der Waals surface area contributed by atoms with Crippen LogP contribution in [0.4, 0.5) is 10.1 Å². The number of hydrogen-bond acceptors (Lipinski definition) is 5. The van der Waals surface area contributed by atoms with E-state index in [9.17, 15) is 17.9 Å². The third kappa shape index (κ3) is 3.26. The van der Waals surface area contributed by atoms with Gasteiger partial charge in [-0.3, -0.25) is 0 Å². The average Bonchev–Trinajstić information content (AvgIpc) is 2.37. The fourth-order valence-corrected chi connectivity index (χ4v) is 3.34. The van der Waals surface area contributed by atoms with E-state index in [0.29, 0.717) is 26.1 Å². The fraction of sp³-hybridized carbons (Fsp3) is 0.500. The first-order valence-electron chi connectivity index (χ1n) is 6.18. The Hall–Kier alpha value is -1.22. The van der Waals surface area contributed by atoms with Gasteiger partial charge >= 0.3 is 0 Å². The van der Waals surface area contributed by atoms with Gasteiger partial charge in [-0.05, 0) is 12.1 Å². The molecule has 8 heteroatoms. The van der Waals surface area contributed by atoms with Crippen LogP contribution in [0.3, 0.4) is 0 Å². The molecule has 2 rings (SSSR count). The van der Waals surface area contributed by atoms with Crippen LogP contribution in [0.5, 0.6) is 0 Å². The number of ether oxygens (including phenoxy) is 1. The third-order valence-electron chi connectivity index (χ3n) is 3.28. The van der Waals surface area contributed by atoms with Crippen molar-refractivity contribution < 1.29 is 22.7 Å². The van der Waals surface area contributed by atoms with Gasteiger partial charge in [0.2, 0.25) is 10.0 Å². The number of hydrogen-bond donors (Lipinski definition) is 3. The normalized spacial score (nSPS) is 18.9. The highest BCUT2D eigenvalue weighted by atomic mass is 32.2. The molecule has 1 aromatic rings. The number of halogens is 1. The Kier molecular flexibility index (Phi) is 4.28. The molecular weight excluding hydrogens is 287 g/mol. The van der Waals surface area contributed by atoms with E-state index in [1.54, 1.807) is 0 Å². The van der Waals surface area contributed by atoms with Gasteiger partial charge in [0.15, 0.2) is 0 Å². The van der Waals surface area contributed by atoms with Crippen LogP contribution in [0.15, 0.2) is 23.1 Å². The van der Waals surface area contributed by atoms with Crippen LogP contribution >= 0.6 is 0 Å². The topological polar surface area (TPSA) is 102 Å². The molecule has 1 aliphatic rings. The summed E-state index contributed by atoms with van der Waals surface area (Å²) < 4.78 is 45.1. The van der Waals surface area contributed by atoms with E-state index >= 15 is 0 Å². The summed E-state index contributed by atoms with van der Waals surface area (Å²) >= 11 is 0. The number of sulfonamides is 1. The van der Waals surface area contributed by atoms with Crippen LogP contribution in [0, 0.1) is 5.82 Å². The van der Waals surface area contributed by atoms with Gasteiger partial charge in [0, 0.05) is 32.6 Å². The van der Waals surface area contributed by atoms with E-state index < -0.39 is 26.3 Å². The number of anilines is 1. The molecule has 0 amide bonds. The van der Waals surface area contributed by atoms with Gasteiger partial charge in [-0.25, -0.2) is 17.5 Å². The van der Waals surface area contributed by atoms with Gasteiger partial charge in [0.1, 0.15) is 10.7 Å². The lowest BCUT2D eigenvalue weighted by atomic mass is 9.95. The highest BCUT2D eigenvalue weighted by molar-refractivity contribution is 7.89. The number of nitrogens with one attached hydrogen (secondary N) is 1. The van der Waals surface area contributed by atoms with Crippen molar-refractivity contribution in [1.82, 2.24) is 4.72 Å². The largest absolute Gasteiger partial charge is 0.398 e. The first kappa shape index (κ1) is 15.2. The molecular formula is C12H17FN2O4S. The fourth-order valence-electron chi connectivity index (χ4n) is 2.04. The Morgan fingerprint density at radius 1 is 1.40 bits per heavy atom. The molecule has 20 heavy (non-hydrogen) atoms. The van der Waals surface area contributed by atoms with Crippen LogP contribution in [0.25, 0.3) is 0 Å². The Morgan fingerprint density at radius 3 is 2.65 bits per heavy atom. The maximum atomic E-state index is 13.6.